The highest BCUT2D eigenvalue weighted by Gasteiger charge is 2.21. The minimum atomic E-state index is -0.494. The summed E-state index contributed by atoms with van der Waals surface area (Å²) < 4.78 is 19.3. The molecule has 0 radical (unpaired) electrons. The number of amides is 1. The summed E-state index contributed by atoms with van der Waals surface area (Å²) in [5, 5.41) is 3.06. The number of hydrogen-bond acceptors (Lipinski definition) is 5. The zero-order chi connectivity index (χ0) is 21.8. The Morgan fingerprint density at radius 1 is 1.03 bits per heavy atom. The van der Waals surface area contributed by atoms with Crippen molar-refractivity contribution in [2.24, 2.45) is 0 Å². The number of halogens is 3. The first-order valence-corrected chi connectivity index (χ1v) is 11.3. The molecule has 1 aromatic heterocycles. The lowest BCUT2D eigenvalue weighted by atomic mass is 10.1. The van der Waals surface area contributed by atoms with E-state index in [-0.39, 0.29) is 16.0 Å². The van der Waals surface area contributed by atoms with Gasteiger partial charge in [-0.3, -0.25) is 9.69 Å². The van der Waals surface area contributed by atoms with E-state index < -0.39 is 5.82 Å². The Kier molecular flexibility index (Phi) is 7.15. The number of nitrogens with zero attached hydrogens (tertiary/aromatic N) is 3. The summed E-state index contributed by atoms with van der Waals surface area (Å²) in [7, 11) is 0. The second kappa shape index (κ2) is 10.0. The third-order valence-electron chi connectivity index (χ3n) is 5.68. The van der Waals surface area contributed by atoms with E-state index in [1.165, 1.54) is 6.07 Å². The number of carbonyl (C=O) groups is 1. The first-order valence-electron chi connectivity index (χ1n) is 10.5. The molecule has 2 aliphatic heterocycles. The number of piperazine rings is 1. The van der Waals surface area contributed by atoms with Crippen molar-refractivity contribution < 1.29 is 13.9 Å². The molecule has 0 saturated carbocycles. The van der Waals surface area contributed by atoms with Gasteiger partial charge in [0.05, 0.1) is 22.3 Å². The predicted octanol–water partition coefficient (Wildman–Crippen LogP) is 4.39. The van der Waals surface area contributed by atoms with E-state index in [0.29, 0.717) is 24.7 Å². The summed E-state index contributed by atoms with van der Waals surface area (Å²) in [5.41, 5.74) is 1.84. The predicted molar refractivity (Wildman–Crippen MR) is 121 cm³/mol. The van der Waals surface area contributed by atoms with Crippen LogP contribution in [0.4, 0.5) is 15.9 Å². The number of rotatable bonds is 7. The van der Waals surface area contributed by atoms with Crippen LogP contribution in [-0.4, -0.2) is 55.1 Å². The molecule has 0 aliphatic carbocycles. The Morgan fingerprint density at radius 3 is 2.65 bits per heavy atom. The van der Waals surface area contributed by atoms with Crippen molar-refractivity contribution in [3.63, 3.8) is 0 Å². The number of anilines is 2. The number of ether oxygens (including phenoxy) is 1. The molecule has 1 amide bonds. The Bertz CT molecular complexity index is 951. The molecule has 2 aromatic rings. The van der Waals surface area contributed by atoms with E-state index >= 15 is 0 Å². The smallest absolute Gasteiger partial charge is 0.225 e. The van der Waals surface area contributed by atoms with E-state index in [9.17, 15) is 9.18 Å². The van der Waals surface area contributed by atoms with Crippen LogP contribution in [0, 0.1) is 5.82 Å². The number of aryl methyl sites for hydroxylation is 1. The van der Waals surface area contributed by atoms with Gasteiger partial charge in [-0.05, 0) is 49.6 Å². The van der Waals surface area contributed by atoms with Crippen molar-refractivity contribution in [2.45, 2.75) is 25.7 Å². The van der Waals surface area contributed by atoms with Gasteiger partial charge in [-0.2, -0.15) is 4.98 Å². The summed E-state index contributed by atoms with van der Waals surface area (Å²) in [6, 6.07) is 6.89. The summed E-state index contributed by atoms with van der Waals surface area (Å²) >= 11 is 12.2. The molecule has 0 unspecified atom stereocenters. The van der Waals surface area contributed by atoms with Crippen molar-refractivity contribution in [2.75, 3.05) is 49.5 Å². The van der Waals surface area contributed by atoms with Crippen LogP contribution in [-0.2, 0) is 11.2 Å². The number of fused-ring (bicyclic) bond motifs is 1. The second-order valence-electron chi connectivity index (χ2n) is 7.78. The topological polar surface area (TPSA) is 57.7 Å². The van der Waals surface area contributed by atoms with Gasteiger partial charge < -0.3 is 15.0 Å². The van der Waals surface area contributed by atoms with Crippen LogP contribution in [0.25, 0.3) is 0 Å². The van der Waals surface area contributed by atoms with Crippen molar-refractivity contribution in [3.8, 4) is 5.88 Å². The average Bonchev–Trinajstić information content (AvgIpc) is 2.78. The van der Waals surface area contributed by atoms with Gasteiger partial charge in [0, 0.05) is 38.7 Å². The first kappa shape index (κ1) is 22.1. The quantitative estimate of drug-likeness (QED) is 0.484. The SMILES string of the molecule is O=C1CCc2ccc(OCCCCN3CCN(c4ccc(F)c(Cl)c4Cl)CC3)nc2N1. The molecule has 4 rings (SSSR count). The third kappa shape index (κ3) is 5.40. The molecule has 1 N–H and O–H groups in total. The molecule has 0 atom stereocenters. The molecule has 1 saturated heterocycles. The zero-order valence-corrected chi connectivity index (χ0v) is 18.7. The maximum Gasteiger partial charge on any atom is 0.225 e. The van der Waals surface area contributed by atoms with Gasteiger partial charge >= 0.3 is 0 Å². The Labute approximate surface area is 191 Å². The summed E-state index contributed by atoms with van der Waals surface area (Å²) in [5.74, 6) is 0.673. The summed E-state index contributed by atoms with van der Waals surface area (Å²) in [6.07, 6.45) is 3.17. The van der Waals surface area contributed by atoms with Crippen molar-refractivity contribution in [1.29, 1.82) is 0 Å². The number of unbranched alkanes of at least 4 members (excludes halogenated alkanes) is 1. The monoisotopic (exact) mass is 466 g/mol. The highest BCUT2D eigenvalue weighted by Crippen LogP contribution is 2.35. The molecule has 3 heterocycles. The highest BCUT2D eigenvalue weighted by atomic mass is 35.5. The van der Waals surface area contributed by atoms with E-state index in [2.05, 4.69) is 20.1 Å². The molecular weight excluding hydrogens is 442 g/mol. The lowest BCUT2D eigenvalue weighted by Gasteiger charge is -2.36. The standard InChI is InChI=1S/C22H25Cl2FN4O2/c23-20-16(25)5-6-17(21(20)24)29-12-10-28(11-13-29)9-1-2-14-31-19-8-4-15-3-7-18(30)26-22(15)27-19/h4-6,8H,1-3,7,9-14H2,(H,26,27,30). The molecule has 1 fully saturated rings. The minimum Gasteiger partial charge on any atom is -0.478 e. The fraction of sp³-hybridized carbons (Fsp3) is 0.455. The molecule has 0 bridgehead atoms. The number of pyridine rings is 1. The molecule has 0 spiro atoms. The largest absolute Gasteiger partial charge is 0.478 e. The van der Waals surface area contributed by atoms with Crippen molar-refractivity contribution in [1.82, 2.24) is 9.88 Å². The average molecular weight is 467 g/mol. The molecular formula is C22H25Cl2FN4O2. The number of hydrogen-bond donors (Lipinski definition) is 1. The maximum absolute atomic E-state index is 13.5. The number of benzene rings is 1. The Balaban J connectivity index is 1.16. The van der Waals surface area contributed by atoms with Crippen molar-refractivity contribution >= 4 is 40.6 Å². The van der Waals surface area contributed by atoms with Crippen LogP contribution in [0.2, 0.25) is 10.0 Å². The maximum atomic E-state index is 13.5. The van der Waals surface area contributed by atoms with Crippen LogP contribution in [0.15, 0.2) is 24.3 Å². The molecule has 1 aromatic carbocycles. The highest BCUT2D eigenvalue weighted by molar-refractivity contribution is 6.43. The molecule has 9 heteroatoms. The summed E-state index contributed by atoms with van der Waals surface area (Å²) in [4.78, 5) is 20.5. The van der Waals surface area contributed by atoms with E-state index in [1.807, 2.05) is 12.1 Å². The van der Waals surface area contributed by atoms with Gasteiger partial charge in [0.1, 0.15) is 11.6 Å². The molecule has 6 nitrogen and oxygen atoms in total. The fourth-order valence-corrected chi connectivity index (χ4v) is 4.32. The van der Waals surface area contributed by atoms with Gasteiger partial charge in [0.15, 0.2) is 0 Å². The van der Waals surface area contributed by atoms with Crippen LogP contribution in [0.5, 0.6) is 5.88 Å². The van der Waals surface area contributed by atoms with E-state index in [4.69, 9.17) is 27.9 Å². The molecule has 31 heavy (non-hydrogen) atoms. The van der Waals surface area contributed by atoms with Crippen molar-refractivity contribution in [3.05, 3.63) is 45.7 Å². The van der Waals surface area contributed by atoms with Crippen LogP contribution in [0.3, 0.4) is 0 Å². The molecule has 166 valence electrons. The van der Waals surface area contributed by atoms with Crippen LogP contribution >= 0.6 is 23.2 Å². The lowest BCUT2D eigenvalue weighted by molar-refractivity contribution is -0.116. The van der Waals surface area contributed by atoms with Gasteiger partial charge in [-0.25, -0.2) is 4.39 Å². The van der Waals surface area contributed by atoms with Crippen LogP contribution in [0.1, 0.15) is 24.8 Å². The van der Waals surface area contributed by atoms with Gasteiger partial charge in [-0.1, -0.05) is 23.2 Å². The number of carbonyl (C=O) groups excluding carboxylic acids is 1. The van der Waals surface area contributed by atoms with E-state index in [1.54, 1.807) is 6.07 Å². The summed E-state index contributed by atoms with van der Waals surface area (Å²) in [6.45, 7) is 5.05. The third-order valence-corrected chi connectivity index (χ3v) is 6.53. The normalized spacial score (nSPS) is 16.7. The van der Waals surface area contributed by atoms with Gasteiger partial charge in [0.2, 0.25) is 11.8 Å². The first-order chi connectivity index (χ1) is 15.0. The van der Waals surface area contributed by atoms with Crippen LogP contribution < -0.4 is 15.0 Å². The van der Waals surface area contributed by atoms with Gasteiger partial charge in [0.25, 0.3) is 0 Å². The fourth-order valence-electron chi connectivity index (χ4n) is 3.89. The molecule has 2 aliphatic rings. The lowest BCUT2D eigenvalue weighted by Crippen LogP contribution is -2.46. The second-order valence-corrected chi connectivity index (χ2v) is 8.54. The Hall–Kier alpha value is -2.09. The number of nitrogens with one attached hydrogen (secondary N) is 1. The van der Waals surface area contributed by atoms with Gasteiger partial charge in [-0.15, -0.1) is 0 Å². The number of aromatic nitrogens is 1. The Morgan fingerprint density at radius 2 is 1.84 bits per heavy atom. The zero-order valence-electron chi connectivity index (χ0n) is 17.2. The minimum absolute atomic E-state index is 0.00189. The van der Waals surface area contributed by atoms with E-state index in [0.717, 1.165) is 63.2 Å².